The Bertz CT molecular complexity index is 810. The summed E-state index contributed by atoms with van der Waals surface area (Å²) in [5.41, 5.74) is 9.78. The van der Waals surface area contributed by atoms with Gasteiger partial charge in [-0.1, -0.05) is 0 Å². The first kappa shape index (κ1) is 19.9. The van der Waals surface area contributed by atoms with Gasteiger partial charge in [-0.2, -0.15) is 4.31 Å². The van der Waals surface area contributed by atoms with Crippen LogP contribution in [0.3, 0.4) is 0 Å². The van der Waals surface area contributed by atoms with E-state index in [1.165, 1.54) is 28.1 Å². The number of hydrazine groups is 1. The number of nitrogens with one attached hydrogen (secondary N) is 2. The van der Waals surface area contributed by atoms with Gasteiger partial charge in [-0.05, 0) is 6.07 Å². The van der Waals surface area contributed by atoms with E-state index in [0.717, 1.165) is 0 Å². The van der Waals surface area contributed by atoms with Crippen molar-refractivity contribution in [2.45, 2.75) is 11.8 Å². The molecule has 11 nitrogen and oxygen atoms in total. The van der Waals surface area contributed by atoms with Crippen LogP contribution in [-0.4, -0.2) is 72.6 Å². The third-order valence-corrected chi connectivity index (χ3v) is 5.81. The molecule has 12 heteroatoms. The summed E-state index contributed by atoms with van der Waals surface area (Å²) in [4.78, 5) is 35.5. The van der Waals surface area contributed by atoms with Crippen LogP contribution in [0, 0.1) is 0 Å². The second-order valence-corrected chi connectivity index (χ2v) is 7.88. The first-order valence-electron chi connectivity index (χ1n) is 7.85. The minimum absolute atomic E-state index is 0.00523. The number of piperazine rings is 1. The summed E-state index contributed by atoms with van der Waals surface area (Å²) in [6.07, 6.45) is 1.35. The largest absolute Gasteiger partial charge is 0.364 e. The van der Waals surface area contributed by atoms with Crippen LogP contribution < -0.4 is 16.6 Å². The molecule has 1 aliphatic heterocycles. The molecule has 0 radical (unpaired) electrons. The van der Waals surface area contributed by atoms with Gasteiger partial charge in [0.05, 0.1) is 6.54 Å². The SMILES string of the molecule is CC(=O)NNC(=O)CN1CCN(S(=O)(=O)c2cc(C(N)=O)n(C)c2)CC1. The Kier molecular flexibility index (Phi) is 6.00. The molecule has 2 rings (SSSR count). The number of carbonyl (C=O) groups excluding carboxylic acids is 3. The van der Waals surface area contributed by atoms with E-state index in [2.05, 4.69) is 10.9 Å². The maximum absolute atomic E-state index is 12.7. The molecule has 144 valence electrons. The van der Waals surface area contributed by atoms with Crippen LogP contribution in [0.1, 0.15) is 17.4 Å². The van der Waals surface area contributed by atoms with Crippen molar-refractivity contribution in [1.82, 2.24) is 24.6 Å². The highest BCUT2D eigenvalue weighted by Crippen LogP contribution is 2.19. The predicted molar refractivity (Wildman–Crippen MR) is 91.1 cm³/mol. The van der Waals surface area contributed by atoms with E-state index in [0.29, 0.717) is 13.1 Å². The van der Waals surface area contributed by atoms with Crippen LogP contribution >= 0.6 is 0 Å². The van der Waals surface area contributed by atoms with Gasteiger partial charge in [0.1, 0.15) is 10.6 Å². The van der Waals surface area contributed by atoms with Gasteiger partial charge in [0.15, 0.2) is 0 Å². The number of amides is 3. The summed E-state index contributed by atoms with van der Waals surface area (Å²) in [7, 11) is -2.20. The van der Waals surface area contributed by atoms with Crippen LogP contribution in [-0.2, 0) is 26.7 Å². The number of aryl methyl sites for hydroxylation is 1. The number of carbonyl (C=O) groups is 3. The highest BCUT2D eigenvalue weighted by molar-refractivity contribution is 7.89. The van der Waals surface area contributed by atoms with Crippen LogP contribution in [0.5, 0.6) is 0 Å². The van der Waals surface area contributed by atoms with E-state index in [-0.39, 0.29) is 42.0 Å². The molecule has 0 aliphatic carbocycles. The second-order valence-electron chi connectivity index (χ2n) is 5.95. The normalized spacial score (nSPS) is 16.2. The van der Waals surface area contributed by atoms with Crippen LogP contribution in [0.4, 0.5) is 0 Å². The number of rotatable bonds is 5. The minimum Gasteiger partial charge on any atom is -0.364 e. The standard InChI is InChI=1S/C14H22N6O5S/c1-10(21)16-17-13(22)9-19-3-5-20(6-4-19)26(24,25)11-7-12(14(15)23)18(2)8-11/h7-8H,3-6,9H2,1-2H3,(H2,15,23)(H,16,21)(H,17,22). The zero-order valence-electron chi connectivity index (χ0n) is 14.6. The molecule has 1 aromatic heterocycles. The Labute approximate surface area is 151 Å². The number of sulfonamides is 1. The maximum Gasteiger partial charge on any atom is 0.265 e. The summed E-state index contributed by atoms with van der Waals surface area (Å²) in [6.45, 7) is 2.46. The summed E-state index contributed by atoms with van der Waals surface area (Å²) >= 11 is 0. The molecule has 26 heavy (non-hydrogen) atoms. The number of primary amides is 1. The number of hydrogen-bond donors (Lipinski definition) is 3. The zero-order chi connectivity index (χ0) is 19.5. The summed E-state index contributed by atoms with van der Waals surface area (Å²) in [5, 5.41) is 0. The highest BCUT2D eigenvalue weighted by Gasteiger charge is 2.30. The molecule has 3 amide bonds. The van der Waals surface area contributed by atoms with Crippen molar-refractivity contribution in [3.8, 4) is 0 Å². The van der Waals surface area contributed by atoms with Gasteiger partial charge in [0.25, 0.3) is 11.8 Å². The van der Waals surface area contributed by atoms with E-state index >= 15 is 0 Å². The van der Waals surface area contributed by atoms with Crippen molar-refractivity contribution >= 4 is 27.7 Å². The summed E-state index contributed by atoms with van der Waals surface area (Å²) < 4.78 is 28.1. The van der Waals surface area contributed by atoms with Gasteiger partial charge in [-0.15, -0.1) is 0 Å². The van der Waals surface area contributed by atoms with Crippen molar-refractivity contribution in [1.29, 1.82) is 0 Å². The Balaban J connectivity index is 1.96. The molecular weight excluding hydrogens is 364 g/mol. The third kappa shape index (κ3) is 4.59. The molecule has 0 aromatic carbocycles. The average Bonchev–Trinajstić information content (AvgIpc) is 2.96. The second kappa shape index (κ2) is 7.85. The van der Waals surface area contributed by atoms with Gasteiger partial charge in [0, 0.05) is 46.3 Å². The fraction of sp³-hybridized carbons (Fsp3) is 0.500. The molecule has 0 saturated carbocycles. The molecule has 1 fully saturated rings. The molecule has 1 aromatic rings. The molecule has 4 N–H and O–H groups in total. The molecule has 0 atom stereocenters. The molecular formula is C14H22N6O5S. The Morgan fingerprint density at radius 2 is 1.77 bits per heavy atom. The Hall–Kier alpha value is -2.44. The van der Waals surface area contributed by atoms with E-state index in [4.69, 9.17) is 5.73 Å². The van der Waals surface area contributed by atoms with Crippen LogP contribution in [0.25, 0.3) is 0 Å². The van der Waals surface area contributed by atoms with Crippen molar-refractivity contribution in [2.75, 3.05) is 32.7 Å². The molecule has 1 aliphatic rings. The Morgan fingerprint density at radius 1 is 1.15 bits per heavy atom. The molecule has 0 bridgehead atoms. The van der Waals surface area contributed by atoms with Crippen LogP contribution in [0.15, 0.2) is 17.2 Å². The van der Waals surface area contributed by atoms with Crippen molar-refractivity contribution in [3.63, 3.8) is 0 Å². The van der Waals surface area contributed by atoms with Gasteiger partial charge in [-0.25, -0.2) is 8.42 Å². The summed E-state index contributed by atoms with van der Waals surface area (Å²) in [6, 6.07) is 1.25. The zero-order valence-corrected chi connectivity index (χ0v) is 15.4. The topological polar surface area (TPSA) is 147 Å². The van der Waals surface area contributed by atoms with Crippen molar-refractivity contribution in [3.05, 3.63) is 18.0 Å². The van der Waals surface area contributed by atoms with Gasteiger partial charge in [-0.3, -0.25) is 30.1 Å². The molecule has 1 saturated heterocycles. The fourth-order valence-corrected chi connectivity index (χ4v) is 4.09. The van der Waals surface area contributed by atoms with E-state index in [1.807, 2.05) is 0 Å². The summed E-state index contributed by atoms with van der Waals surface area (Å²) in [5.74, 6) is -1.47. The fourth-order valence-electron chi connectivity index (χ4n) is 2.60. The first-order chi connectivity index (χ1) is 12.1. The van der Waals surface area contributed by atoms with E-state index in [1.54, 1.807) is 11.9 Å². The predicted octanol–water partition coefficient (Wildman–Crippen LogP) is -2.40. The number of aromatic nitrogens is 1. The number of hydrogen-bond acceptors (Lipinski definition) is 6. The number of nitrogens with zero attached hydrogens (tertiary/aromatic N) is 3. The lowest BCUT2D eigenvalue weighted by Gasteiger charge is -2.33. The molecule has 0 unspecified atom stereocenters. The lowest BCUT2D eigenvalue weighted by molar-refractivity contribution is -0.128. The van der Waals surface area contributed by atoms with Gasteiger partial charge >= 0.3 is 0 Å². The monoisotopic (exact) mass is 386 g/mol. The maximum atomic E-state index is 12.7. The van der Waals surface area contributed by atoms with E-state index in [9.17, 15) is 22.8 Å². The van der Waals surface area contributed by atoms with Crippen molar-refractivity contribution in [2.24, 2.45) is 12.8 Å². The minimum atomic E-state index is -3.75. The Morgan fingerprint density at radius 3 is 2.27 bits per heavy atom. The average molecular weight is 386 g/mol. The lowest BCUT2D eigenvalue weighted by Crippen LogP contribution is -2.52. The van der Waals surface area contributed by atoms with E-state index < -0.39 is 15.9 Å². The first-order valence-corrected chi connectivity index (χ1v) is 9.29. The lowest BCUT2D eigenvalue weighted by atomic mass is 10.3. The smallest absolute Gasteiger partial charge is 0.265 e. The highest BCUT2D eigenvalue weighted by atomic mass is 32.2. The molecule has 0 spiro atoms. The quantitative estimate of drug-likeness (QED) is 0.481. The number of nitrogens with two attached hydrogens (primary N) is 1. The van der Waals surface area contributed by atoms with Gasteiger partial charge < -0.3 is 10.3 Å². The van der Waals surface area contributed by atoms with Crippen LogP contribution in [0.2, 0.25) is 0 Å². The van der Waals surface area contributed by atoms with Gasteiger partial charge in [0.2, 0.25) is 15.9 Å². The van der Waals surface area contributed by atoms with Crippen molar-refractivity contribution < 1.29 is 22.8 Å². The third-order valence-electron chi connectivity index (χ3n) is 3.95. The molecule has 2 heterocycles.